The number of alkyl halides is 3. The quantitative estimate of drug-likeness (QED) is 0.621. The maximum atomic E-state index is 12.9. The predicted octanol–water partition coefficient (Wildman–Crippen LogP) is 4.85. The van der Waals surface area contributed by atoms with Crippen LogP contribution in [0.4, 0.5) is 23.7 Å². The van der Waals surface area contributed by atoms with Crippen molar-refractivity contribution in [2.45, 2.75) is 44.4 Å². The Hall–Kier alpha value is -3.36. The number of carbonyl (C=O) groups is 1. The second-order valence-electron chi connectivity index (χ2n) is 7.57. The van der Waals surface area contributed by atoms with Gasteiger partial charge in [-0.25, -0.2) is 9.48 Å². The number of hydrogen-bond acceptors (Lipinski definition) is 3. The number of rotatable bonds is 4. The molecule has 9 heteroatoms. The highest BCUT2D eigenvalue weighted by Crippen LogP contribution is 2.31. The molecule has 2 N–H and O–H groups in total. The molecule has 6 nitrogen and oxygen atoms in total. The highest BCUT2D eigenvalue weighted by molar-refractivity contribution is 5.90. The zero-order valence-electron chi connectivity index (χ0n) is 16.6. The lowest BCUT2D eigenvalue weighted by molar-refractivity contribution is -0.137. The van der Waals surface area contributed by atoms with E-state index >= 15 is 0 Å². The number of halogens is 3. The standard InChI is InChI=1S/C22H21F3N4O2/c23-22(24,25)14-6-5-7-15(12-14)27-21(31)26-13-19-17-10-3-4-11-18(17)20(30)29(28-19)16-8-1-2-9-16/h3-7,10-12,16H,1-2,8-9,13H2,(H2,26,27,31). The number of urea groups is 1. The molecule has 0 spiro atoms. The summed E-state index contributed by atoms with van der Waals surface area (Å²) in [5.74, 6) is 0. The normalized spacial score (nSPS) is 14.7. The third-order valence-corrected chi connectivity index (χ3v) is 5.44. The third-order valence-electron chi connectivity index (χ3n) is 5.44. The average molecular weight is 430 g/mol. The highest BCUT2D eigenvalue weighted by atomic mass is 19.4. The molecule has 0 atom stereocenters. The number of nitrogens with one attached hydrogen (secondary N) is 2. The van der Waals surface area contributed by atoms with E-state index in [1.165, 1.54) is 16.8 Å². The summed E-state index contributed by atoms with van der Waals surface area (Å²) in [6, 6.07) is 10.8. The SMILES string of the molecule is O=C(NCc1nn(C2CCCC2)c(=O)c2ccccc12)Nc1cccc(C(F)(F)F)c1. The van der Waals surface area contributed by atoms with Gasteiger partial charge < -0.3 is 10.6 Å². The van der Waals surface area contributed by atoms with E-state index in [1.807, 2.05) is 0 Å². The number of carbonyl (C=O) groups excluding carboxylic acids is 1. The Morgan fingerprint density at radius 2 is 1.77 bits per heavy atom. The van der Waals surface area contributed by atoms with Crippen LogP contribution in [0.3, 0.4) is 0 Å². The molecule has 31 heavy (non-hydrogen) atoms. The summed E-state index contributed by atoms with van der Waals surface area (Å²) < 4.78 is 40.1. The van der Waals surface area contributed by atoms with Crippen LogP contribution in [-0.4, -0.2) is 15.8 Å². The minimum atomic E-state index is -4.50. The van der Waals surface area contributed by atoms with E-state index in [2.05, 4.69) is 15.7 Å². The van der Waals surface area contributed by atoms with E-state index in [4.69, 9.17) is 0 Å². The zero-order valence-corrected chi connectivity index (χ0v) is 16.6. The predicted molar refractivity (Wildman–Crippen MR) is 111 cm³/mol. The van der Waals surface area contributed by atoms with Gasteiger partial charge in [-0.3, -0.25) is 4.79 Å². The molecule has 1 saturated carbocycles. The van der Waals surface area contributed by atoms with Gasteiger partial charge in [0.15, 0.2) is 0 Å². The first kappa shape index (κ1) is 20.9. The Morgan fingerprint density at radius 1 is 1.06 bits per heavy atom. The minimum Gasteiger partial charge on any atom is -0.332 e. The summed E-state index contributed by atoms with van der Waals surface area (Å²) in [7, 11) is 0. The molecule has 1 aromatic heterocycles. The van der Waals surface area contributed by atoms with Crippen LogP contribution in [0.5, 0.6) is 0 Å². The van der Waals surface area contributed by atoms with Crippen LogP contribution < -0.4 is 16.2 Å². The van der Waals surface area contributed by atoms with Crippen molar-refractivity contribution in [3.05, 3.63) is 70.1 Å². The number of fused-ring (bicyclic) bond motifs is 1. The Bertz CT molecular complexity index is 1170. The molecule has 3 aromatic rings. The maximum Gasteiger partial charge on any atom is 0.416 e. The fourth-order valence-electron chi connectivity index (χ4n) is 3.91. The molecule has 162 valence electrons. The summed E-state index contributed by atoms with van der Waals surface area (Å²) >= 11 is 0. The third kappa shape index (κ3) is 4.55. The van der Waals surface area contributed by atoms with Gasteiger partial charge in [0.1, 0.15) is 0 Å². The number of amides is 2. The van der Waals surface area contributed by atoms with E-state index in [9.17, 15) is 22.8 Å². The lowest BCUT2D eigenvalue weighted by atomic mass is 10.1. The van der Waals surface area contributed by atoms with Gasteiger partial charge in [-0.1, -0.05) is 37.1 Å². The van der Waals surface area contributed by atoms with Crippen molar-refractivity contribution in [1.29, 1.82) is 0 Å². The first-order chi connectivity index (χ1) is 14.8. The Balaban J connectivity index is 1.54. The van der Waals surface area contributed by atoms with Crippen molar-refractivity contribution >= 4 is 22.5 Å². The van der Waals surface area contributed by atoms with Crippen LogP contribution in [-0.2, 0) is 12.7 Å². The number of hydrogen-bond donors (Lipinski definition) is 2. The highest BCUT2D eigenvalue weighted by Gasteiger charge is 2.30. The summed E-state index contributed by atoms with van der Waals surface area (Å²) in [5, 5.41) is 10.7. The van der Waals surface area contributed by atoms with E-state index in [0.717, 1.165) is 37.8 Å². The average Bonchev–Trinajstić information content (AvgIpc) is 3.28. The van der Waals surface area contributed by atoms with E-state index < -0.39 is 17.8 Å². The molecule has 0 aliphatic heterocycles. The van der Waals surface area contributed by atoms with E-state index in [-0.39, 0.29) is 23.8 Å². The number of benzene rings is 2. The van der Waals surface area contributed by atoms with Crippen molar-refractivity contribution in [2.24, 2.45) is 0 Å². The monoisotopic (exact) mass is 430 g/mol. The molecule has 2 amide bonds. The molecule has 1 aliphatic carbocycles. The van der Waals surface area contributed by atoms with Gasteiger partial charge >= 0.3 is 12.2 Å². The van der Waals surface area contributed by atoms with Gasteiger partial charge in [-0.15, -0.1) is 0 Å². The first-order valence-electron chi connectivity index (χ1n) is 10.1. The van der Waals surface area contributed by atoms with E-state index in [0.29, 0.717) is 16.5 Å². The molecule has 1 heterocycles. The molecular formula is C22H21F3N4O2. The van der Waals surface area contributed by atoms with Crippen LogP contribution in [0.25, 0.3) is 10.8 Å². The van der Waals surface area contributed by atoms with Crippen molar-refractivity contribution in [3.63, 3.8) is 0 Å². The van der Waals surface area contributed by atoms with Crippen LogP contribution in [0, 0.1) is 0 Å². The fourth-order valence-corrected chi connectivity index (χ4v) is 3.91. The van der Waals surface area contributed by atoms with Gasteiger partial charge in [0.05, 0.1) is 29.2 Å². The van der Waals surface area contributed by atoms with Gasteiger partial charge in [-0.2, -0.15) is 18.3 Å². The van der Waals surface area contributed by atoms with Crippen LogP contribution >= 0.6 is 0 Å². The Morgan fingerprint density at radius 3 is 2.48 bits per heavy atom. The zero-order chi connectivity index (χ0) is 22.0. The molecule has 2 aromatic carbocycles. The van der Waals surface area contributed by atoms with Crippen molar-refractivity contribution < 1.29 is 18.0 Å². The van der Waals surface area contributed by atoms with Crippen LogP contribution in [0.2, 0.25) is 0 Å². The van der Waals surface area contributed by atoms with Crippen LogP contribution in [0.15, 0.2) is 53.3 Å². The van der Waals surface area contributed by atoms with Gasteiger partial charge in [-0.05, 0) is 37.1 Å². The van der Waals surface area contributed by atoms with Crippen molar-refractivity contribution in [2.75, 3.05) is 5.32 Å². The smallest absolute Gasteiger partial charge is 0.332 e. The Kier molecular flexibility index (Phi) is 5.67. The Labute approximate surface area is 176 Å². The van der Waals surface area contributed by atoms with Gasteiger partial charge in [0, 0.05) is 11.1 Å². The summed E-state index contributed by atoms with van der Waals surface area (Å²) in [5.41, 5.74) is -0.441. The second-order valence-corrected chi connectivity index (χ2v) is 7.57. The van der Waals surface area contributed by atoms with Gasteiger partial charge in [0.2, 0.25) is 0 Å². The molecule has 4 rings (SSSR count). The van der Waals surface area contributed by atoms with Crippen molar-refractivity contribution in [1.82, 2.24) is 15.1 Å². The molecule has 0 radical (unpaired) electrons. The van der Waals surface area contributed by atoms with E-state index in [1.54, 1.807) is 24.3 Å². The number of aromatic nitrogens is 2. The summed E-state index contributed by atoms with van der Waals surface area (Å²) in [4.78, 5) is 25.2. The molecule has 0 bridgehead atoms. The number of nitrogens with zero attached hydrogens (tertiary/aromatic N) is 2. The molecule has 1 aliphatic rings. The maximum absolute atomic E-state index is 12.9. The fraction of sp³-hybridized carbons (Fsp3) is 0.318. The number of anilines is 1. The summed E-state index contributed by atoms with van der Waals surface area (Å²) in [6.07, 6.45) is -0.648. The molecule has 1 fully saturated rings. The topological polar surface area (TPSA) is 76.0 Å². The largest absolute Gasteiger partial charge is 0.416 e. The van der Waals surface area contributed by atoms with Gasteiger partial charge in [0.25, 0.3) is 5.56 Å². The second kappa shape index (κ2) is 8.41. The molecule has 0 unspecified atom stereocenters. The summed E-state index contributed by atoms with van der Waals surface area (Å²) in [6.45, 7) is 0.0261. The molecule has 0 saturated heterocycles. The van der Waals surface area contributed by atoms with Crippen molar-refractivity contribution in [3.8, 4) is 0 Å². The lowest BCUT2D eigenvalue weighted by Crippen LogP contribution is -2.32. The van der Waals surface area contributed by atoms with Crippen LogP contribution in [0.1, 0.15) is 43.0 Å². The molecular weight excluding hydrogens is 409 g/mol. The lowest BCUT2D eigenvalue weighted by Gasteiger charge is -2.16. The first-order valence-corrected chi connectivity index (χ1v) is 10.1. The minimum absolute atomic E-state index is 0.0261.